The molecule has 2 N–H and O–H groups in total. The summed E-state index contributed by atoms with van der Waals surface area (Å²) in [4.78, 5) is 12.8. The number of phenols is 1. The van der Waals surface area contributed by atoms with Crippen molar-refractivity contribution in [1.29, 1.82) is 0 Å². The number of carbonyl (C=O) groups excluding carboxylic acids is 1. The van der Waals surface area contributed by atoms with Crippen LogP contribution in [0.5, 0.6) is 5.75 Å². The summed E-state index contributed by atoms with van der Waals surface area (Å²) >= 11 is 0. The van der Waals surface area contributed by atoms with Crippen LogP contribution in [0.1, 0.15) is 69.7 Å². The van der Waals surface area contributed by atoms with Gasteiger partial charge in [-0.15, -0.1) is 0 Å². The summed E-state index contributed by atoms with van der Waals surface area (Å²) in [6, 6.07) is 20.2. The quantitative estimate of drug-likeness (QED) is 0.416. The van der Waals surface area contributed by atoms with Gasteiger partial charge in [0, 0.05) is 22.7 Å². The lowest BCUT2D eigenvalue weighted by Gasteiger charge is -2.28. The van der Waals surface area contributed by atoms with E-state index in [1.807, 2.05) is 77.9 Å². The molecule has 4 nitrogen and oxygen atoms in total. The molecule has 0 fully saturated rings. The molecular formula is C29H33NO3. The summed E-state index contributed by atoms with van der Waals surface area (Å²) in [6.45, 7) is 12.5. The van der Waals surface area contributed by atoms with Crippen molar-refractivity contribution in [3.63, 3.8) is 0 Å². The highest BCUT2D eigenvalue weighted by atomic mass is 16.5. The van der Waals surface area contributed by atoms with Crippen LogP contribution in [-0.4, -0.2) is 17.8 Å². The Morgan fingerprint density at radius 3 is 1.76 bits per heavy atom. The molecule has 0 radical (unpaired) electrons. The molecule has 1 aliphatic carbocycles. The maximum Gasteiger partial charge on any atom is 0.411 e. The number of fused-ring (bicyclic) bond motifs is 3. The summed E-state index contributed by atoms with van der Waals surface area (Å²) in [5.74, 6) is 0.298. The van der Waals surface area contributed by atoms with Crippen LogP contribution in [0.25, 0.3) is 11.1 Å². The van der Waals surface area contributed by atoms with Gasteiger partial charge in [-0.2, -0.15) is 0 Å². The predicted octanol–water partition coefficient (Wildman–Crippen LogP) is 7.35. The van der Waals surface area contributed by atoms with Gasteiger partial charge < -0.3 is 9.84 Å². The summed E-state index contributed by atoms with van der Waals surface area (Å²) < 4.78 is 5.71. The molecule has 4 heteroatoms. The molecular weight excluding hydrogens is 410 g/mol. The molecule has 1 aliphatic rings. The van der Waals surface area contributed by atoms with E-state index in [1.165, 1.54) is 22.3 Å². The molecule has 0 unspecified atom stereocenters. The minimum Gasteiger partial charge on any atom is -0.507 e. The van der Waals surface area contributed by atoms with E-state index in [-0.39, 0.29) is 29.1 Å². The highest BCUT2D eigenvalue weighted by Gasteiger charge is 2.30. The van der Waals surface area contributed by atoms with Crippen molar-refractivity contribution in [1.82, 2.24) is 0 Å². The van der Waals surface area contributed by atoms with Crippen molar-refractivity contribution in [3.05, 3.63) is 82.9 Å². The molecule has 4 rings (SSSR count). The highest BCUT2D eigenvalue weighted by Crippen LogP contribution is 2.45. The number of hydrogen-bond donors (Lipinski definition) is 2. The van der Waals surface area contributed by atoms with Crippen molar-refractivity contribution >= 4 is 11.8 Å². The van der Waals surface area contributed by atoms with E-state index in [9.17, 15) is 9.90 Å². The number of nitrogens with one attached hydrogen (secondary N) is 1. The van der Waals surface area contributed by atoms with Gasteiger partial charge in [-0.25, -0.2) is 4.79 Å². The first kappa shape index (κ1) is 22.9. The second kappa shape index (κ2) is 8.26. The standard InChI is InChI=1S/C29H33NO3/c1-28(2,3)24-15-18(16-25(26(24)31)29(4,5)6)30-27(32)33-17-23-21-13-9-7-11-19(21)20-12-8-10-14-22(20)23/h7-16,23,31H,17H2,1-6H3,(H,30,32). The Labute approximate surface area is 196 Å². The number of carbonyl (C=O) groups is 1. The summed E-state index contributed by atoms with van der Waals surface area (Å²) in [6.07, 6.45) is -0.498. The number of amides is 1. The molecule has 0 aliphatic heterocycles. The SMILES string of the molecule is CC(C)(C)c1cc(NC(=O)OCC2c3ccccc3-c3ccccc32)cc(C(C)(C)C)c1O. The van der Waals surface area contributed by atoms with Crippen molar-refractivity contribution in [2.24, 2.45) is 0 Å². The number of benzene rings is 3. The third kappa shape index (κ3) is 4.47. The van der Waals surface area contributed by atoms with Crippen LogP contribution in [0.4, 0.5) is 10.5 Å². The van der Waals surface area contributed by atoms with E-state index >= 15 is 0 Å². The number of ether oxygens (including phenoxy) is 1. The van der Waals surface area contributed by atoms with Gasteiger partial charge in [-0.05, 0) is 45.2 Å². The van der Waals surface area contributed by atoms with Crippen LogP contribution >= 0.6 is 0 Å². The maximum absolute atomic E-state index is 12.8. The molecule has 3 aromatic carbocycles. The molecule has 172 valence electrons. The normalized spacial score (nSPS) is 13.4. The Bertz CT molecular complexity index is 1120. The number of rotatable bonds is 3. The molecule has 0 saturated carbocycles. The summed E-state index contributed by atoms with van der Waals surface area (Å²) in [7, 11) is 0. The second-order valence-corrected chi connectivity index (χ2v) is 10.9. The molecule has 0 bridgehead atoms. The minimum absolute atomic E-state index is 0.0123. The predicted molar refractivity (Wildman–Crippen MR) is 134 cm³/mol. The van der Waals surface area contributed by atoms with Gasteiger partial charge in [0.05, 0.1) is 0 Å². The largest absolute Gasteiger partial charge is 0.507 e. The third-order valence-electron chi connectivity index (χ3n) is 6.32. The zero-order chi connectivity index (χ0) is 24.0. The molecule has 3 aromatic rings. The van der Waals surface area contributed by atoms with Gasteiger partial charge in [0.15, 0.2) is 0 Å². The van der Waals surface area contributed by atoms with Crippen LogP contribution in [0.3, 0.4) is 0 Å². The van der Waals surface area contributed by atoms with Gasteiger partial charge in [0.25, 0.3) is 0 Å². The first-order valence-electron chi connectivity index (χ1n) is 11.5. The second-order valence-electron chi connectivity index (χ2n) is 10.9. The van der Waals surface area contributed by atoms with Crippen molar-refractivity contribution in [2.75, 3.05) is 11.9 Å². The van der Waals surface area contributed by atoms with Crippen LogP contribution in [0.15, 0.2) is 60.7 Å². The molecule has 1 amide bonds. The van der Waals surface area contributed by atoms with Crippen molar-refractivity contribution < 1.29 is 14.6 Å². The average molecular weight is 444 g/mol. The highest BCUT2D eigenvalue weighted by molar-refractivity contribution is 5.86. The lowest BCUT2D eigenvalue weighted by atomic mass is 9.79. The third-order valence-corrected chi connectivity index (χ3v) is 6.32. The van der Waals surface area contributed by atoms with Crippen LogP contribution < -0.4 is 5.32 Å². The first-order valence-corrected chi connectivity index (χ1v) is 11.5. The molecule has 0 aromatic heterocycles. The molecule has 0 atom stereocenters. The molecule has 0 spiro atoms. The van der Waals surface area contributed by atoms with E-state index in [4.69, 9.17) is 4.74 Å². The Balaban J connectivity index is 1.56. The summed E-state index contributed by atoms with van der Waals surface area (Å²) in [5.41, 5.74) is 6.43. The Morgan fingerprint density at radius 2 is 1.30 bits per heavy atom. The zero-order valence-corrected chi connectivity index (χ0v) is 20.3. The fraction of sp³-hybridized carbons (Fsp3) is 0.345. The average Bonchev–Trinajstić information content (AvgIpc) is 3.05. The van der Waals surface area contributed by atoms with Gasteiger partial charge in [-0.1, -0.05) is 90.1 Å². The first-order chi connectivity index (χ1) is 15.5. The van der Waals surface area contributed by atoms with Crippen LogP contribution in [-0.2, 0) is 15.6 Å². The number of aromatic hydroxyl groups is 1. The monoisotopic (exact) mass is 443 g/mol. The van der Waals surface area contributed by atoms with Gasteiger partial charge in [-0.3, -0.25) is 5.32 Å². The van der Waals surface area contributed by atoms with Gasteiger partial charge in [0.2, 0.25) is 0 Å². The van der Waals surface area contributed by atoms with E-state index in [2.05, 4.69) is 29.6 Å². The lowest BCUT2D eigenvalue weighted by Crippen LogP contribution is -2.21. The van der Waals surface area contributed by atoms with E-state index in [0.717, 1.165) is 11.1 Å². The maximum atomic E-state index is 12.8. The number of phenolic OH excluding ortho intramolecular Hbond substituents is 1. The smallest absolute Gasteiger partial charge is 0.411 e. The summed E-state index contributed by atoms with van der Waals surface area (Å²) in [5, 5.41) is 13.8. The van der Waals surface area contributed by atoms with Crippen molar-refractivity contribution in [3.8, 4) is 16.9 Å². The molecule has 33 heavy (non-hydrogen) atoms. The zero-order valence-electron chi connectivity index (χ0n) is 20.3. The van der Waals surface area contributed by atoms with E-state index < -0.39 is 6.09 Å². The number of hydrogen-bond acceptors (Lipinski definition) is 3. The Kier molecular flexibility index (Phi) is 5.73. The van der Waals surface area contributed by atoms with Crippen molar-refractivity contribution in [2.45, 2.75) is 58.3 Å². The van der Waals surface area contributed by atoms with E-state index in [1.54, 1.807) is 0 Å². The lowest BCUT2D eigenvalue weighted by molar-refractivity contribution is 0.158. The Hall–Kier alpha value is -3.27. The van der Waals surface area contributed by atoms with E-state index in [0.29, 0.717) is 5.69 Å². The minimum atomic E-state index is -0.498. The Morgan fingerprint density at radius 1 is 0.848 bits per heavy atom. The molecule has 0 saturated heterocycles. The van der Waals surface area contributed by atoms with Crippen LogP contribution in [0, 0.1) is 0 Å². The van der Waals surface area contributed by atoms with Gasteiger partial charge >= 0.3 is 6.09 Å². The molecule has 0 heterocycles. The fourth-order valence-electron chi connectivity index (χ4n) is 4.60. The van der Waals surface area contributed by atoms with Gasteiger partial charge in [0.1, 0.15) is 12.4 Å². The number of anilines is 1. The fourth-order valence-corrected chi connectivity index (χ4v) is 4.60. The van der Waals surface area contributed by atoms with Crippen LogP contribution in [0.2, 0.25) is 0 Å². The topological polar surface area (TPSA) is 58.6 Å².